The van der Waals surface area contributed by atoms with Gasteiger partial charge >= 0.3 is 0 Å². The van der Waals surface area contributed by atoms with Crippen molar-refractivity contribution in [3.63, 3.8) is 0 Å². The van der Waals surface area contributed by atoms with Gasteiger partial charge in [0.15, 0.2) is 0 Å². The van der Waals surface area contributed by atoms with Crippen LogP contribution in [0.1, 0.15) is 38.5 Å². The van der Waals surface area contributed by atoms with E-state index in [1.807, 2.05) is 7.11 Å². The molecule has 1 unspecified atom stereocenters. The van der Waals surface area contributed by atoms with Gasteiger partial charge in [0.1, 0.15) is 7.28 Å². The summed E-state index contributed by atoms with van der Waals surface area (Å²) in [6.45, 7) is 4.52. The maximum atomic E-state index is 5.65. The number of allylic oxidation sites excluding steroid dienone is 4. The van der Waals surface area contributed by atoms with Crippen LogP contribution in [-0.4, -0.2) is 45.5 Å². The number of hydrogen-bond donors (Lipinski definition) is 0. The van der Waals surface area contributed by atoms with Crippen LogP contribution in [0.2, 0.25) is 6.82 Å². The van der Waals surface area contributed by atoms with E-state index in [1.54, 1.807) is 11.1 Å². The molecular formula is C18H29BNO. The molecule has 0 amide bonds. The SMILES string of the molecule is C[B]C1=C/C2=C(/CCN(C)CCCCC2)CC(OC)C=C1. The highest BCUT2D eigenvalue weighted by Crippen LogP contribution is 2.27. The molecule has 1 atom stereocenters. The van der Waals surface area contributed by atoms with Crippen LogP contribution in [-0.2, 0) is 4.74 Å². The Balaban J connectivity index is 2.28. The first kappa shape index (κ1) is 16.6. The fourth-order valence-electron chi connectivity index (χ4n) is 3.18. The van der Waals surface area contributed by atoms with Gasteiger partial charge in [-0.05, 0) is 51.3 Å². The predicted molar refractivity (Wildman–Crippen MR) is 91.9 cm³/mol. The summed E-state index contributed by atoms with van der Waals surface area (Å²) in [4.78, 5) is 2.48. The fraction of sp³-hybridized carbons (Fsp3) is 0.667. The number of nitrogens with zero attached hydrogens (tertiary/aromatic N) is 1. The van der Waals surface area contributed by atoms with E-state index in [0.717, 1.165) is 13.0 Å². The quantitative estimate of drug-likeness (QED) is 0.716. The van der Waals surface area contributed by atoms with E-state index in [1.165, 1.54) is 44.1 Å². The Hall–Kier alpha value is -0.795. The summed E-state index contributed by atoms with van der Waals surface area (Å²) < 4.78 is 5.65. The van der Waals surface area contributed by atoms with E-state index in [2.05, 4.69) is 44.3 Å². The van der Waals surface area contributed by atoms with Crippen LogP contribution in [0.5, 0.6) is 0 Å². The largest absolute Gasteiger partial charge is 0.377 e. The Morgan fingerprint density at radius 3 is 2.81 bits per heavy atom. The zero-order valence-electron chi connectivity index (χ0n) is 13.9. The zero-order valence-corrected chi connectivity index (χ0v) is 13.9. The highest BCUT2D eigenvalue weighted by Gasteiger charge is 2.15. The lowest BCUT2D eigenvalue weighted by molar-refractivity contribution is 0.139. The summed E-state index contributed by atoms with van der Waals surface area (Å²) in [7, 11) is 6.27. The summed E-state index contributed by atoms with van der Waals surface area (Å²) in [6.07, 6.45) is 14.5. The van der Waals surface area contributed by atoms with Gasteiger partial charge in [-0.2, -0.15) is 0 Å². The molecule has 0 N–H and O–H groups in total. The molecule has 0 aromatic rings. The Labute approximate surface area is 131 Å². The summed E-state index contributed by atoms with van der Waals surface area (Å²) in [5, 5.41) is 0. The molecule has 2 rings (SSSR count). The van der Waals surface area contributed by atoms with Crippen molar-refractivity contribution >= 4 is 7.28 Å². The van der Waals surface area contributed by atoms with Crippen LogP contribution in [0, 0.1) is 0 Å². The Morgan fingerprint density at radius 1 is 1.19 bits per heavy atom. The first-order valence-corrected chi connectivity index (χ1v) is 8.34. The van der Waals surface area contributed by atoms with Crippen molar-refractivity contribution in [1.29, 1.82) is 0 Å². The number of methoxy groups -OCH3 is 1. The van der Waals surface area contributed by atoms with Crippen LogP contribution in [0.25, 0.3) is 0 Å². The van der Waals surface area contributed by atoms with E-state index in [4.69, 9.17) is 4.74 Å². The third kappa shape index (κ3) is 5.16. The molecule has 1 aliphatic carbocycles. The molecule has 0 saturated carbocycles. The third-order valence-corrected chi connectivity index (χ3v) is 4.66. The minimum atomic E-state index is 0.215. The lowest BCUT2D eigenvalue weighted by atomic mass is 9.70. The normalized spacial score (nSPS) is 29.1. The standard InChI is InChI=1S/C18H29BNO/c1-19-17-8-9-18(21-3)14-16-10-12-20(2)11-6-4-5-7-15(16)13-17/h8-9,13,18H,4-7,10-12,14H2,1-3H3/b9-8?,16-15-,17-13?. The van der Waals surface area contributed by atoms with Gasteiger partial charge in [-0.3, -0.25) is 0 Å². The molecule has 0 fully saturated rings. The van der Waals surface area contributed by atoms with Crippen molar-refractivity contribution in [1.82, 2.24) is 4.90 Å². The Kier molecular flexibility index (Phi) is 6.79. The Morgan fingerprint density at radius 2 is 2.05 bits per heavy atom. The highest BCUT2D eigenvalue weighted by molar-refractivity contribution is 6.44. The van der Waals surface area contributed by atoms with E-state index in [-0.39, 0.29) is 6.10 Å². The molecule has 3 heteroatoms. The van der Waals surface area contributed by atoms with E-state index >= 15 is 0 Å². The highest BCUT2D eigenvalue weighted by atomic mass is 16.5. The van der Waals surface area contributed by atoms with Crippen molar-refractivity contribution in [3.05, 3.63) is 34.8 Å². The molecule has 0 aromatic carbocycles. The van der Waals surface area contributed by atoms with Crippen molar-refractivity contribution in [2.24, 2.45) is 0 Å². The fourth-order valence-corrected chi connectivity index (χ4v) is 3.18. The second kappa shape index (κ2) is 8.60. The summed E-state index contributed by atoms with van der Waals surface area (Å²) in [5.74, 6) is 0. The van der Waals surface area contributed by atoms with Crippen molar-refractivity contribution in [2.45, 2.75) is 51.5 Å². The van der Waals surface area contributed by atoms with Gasteiger partial charge < -0.3 is 9.64 Å². The van der Waals surface area contributed by atoms with E-state index in [9.17, 15) is 0 Å². The molecule has 1 radical (unpaired) electrons. The van der Waals surface area contributed by atoms with Crippen molar-refractivity contribution < 1.29 is 4.74 Å². The molecular weight excluding hydrogens is 257 g/mol. The van der Waals surface area contributed by atoms with Crippen LogP contribution < -0.4 is 0 Å². The molecule has 2 aliphatic rings. The zero-order chi connectivity index (χ0) is 15.1. The van der Waals surface area contributed by atoms with Gasteiger partial charge in [0.2, 0.25) is 0 Å². The van der Waals surface area contributed by atoms with E-state index in [0.29, 0.717) is 0 Å². The lowest BCUT2D eigenvalue weighted by Crippen LogP contribution is -2.23. The molecule has 1 aliphatic heterocycles. The molecule has 0 bridgehead atoms. The van der Waals surface area contributed by atoms with Gasteiger partial charge in [0, 0.05) is 13.7 Å². The number of hydrogen-bond acceptors (Lipinski definition) is 2. The summed E-state index contributed by atoms with van der Waals surface area (Å²) in [5.41, 5.74) is 4.47. The van der Waals surface area contributed by atoms with Crippen molar-refractivity contribution in [3.8, 4) is 0 Å². The average Bonchev–Trinajstić information content (AvgIpc) is 2.48. The van der Waals surface area contributed by atoms with Crippen LogP contribution in [0.3, 0.4) is 0 Å². The second-order valence-electron chi connectivity index (χ2n) is 6.26. The molecule has 21 heavy (non-hydrogen) atoms. The molecule has 2 nitrogen and oxygen atoms in total. The molecule has 0 saturated heterocycles. The molecule has 115 valence electrons. The average molecular weight is 286 g/mol. The van der Waals surface area contributed by atoms with Crippen LogP contribution in [0.4, 0.5) is 0 Å². The smallest absolute Gasteiger partial charge is 0.148 e. The first-order chi connectivity index (χ1) is 10.2. The lowest BCUT2D eigenvalue weighted by Gasteiger charge is -2.24. The van der Waals surface area contributed by atoms with Gasteiger partial charge in [-0.1, -0.05) is 42.5 Å². The number of rotatable bonds is 2. The number of ether oxygens (including phenoxy) is 1. The molecule has 0 spiro atoms. The summed E-state index contributed by atoms with van der Waals surface area (Å²) in [6, 6.07) is 0. The van der Waals surface area contributed by atoms with Gasteiger partial charge in [0.05, 0.1) is 6.10 Å². The van der Waals surface area contributed by atoms with Gasteiger partial charge in [0.25, 0.3) is 0 Å². The topological polar surface area (TPSA) is 12.5 Å². The minimum Gasteiger partial charge on any atom is -0.377 e. The first-order valence-electron chi connectivity index (χ1n) is 8.34. The molecule has 1 heterocycles. The second-order valence-corrected chi connectivity index (χ2v) is 6.26. The predicted octanol–water partition coefficient (Wildman–Crippen LogP) is 3.79. The minimum absolute atomic E-state index is 0.215. The van der Waals surface area contributed by atoms with E-state index < -0.39 is 0 Å². The maximum Gasteiger partial charge on any atom is 0.148 e. The van der Waals surface area contributed by atoms with Gasteiger partial charge in [-0.25, -0.2) is 0 Å². The maximum absolute atomic E-state index is 5.65. The van der Waals surface area contributed by atoms with Crippen LogP contribution >= 0.6 is 0 Å². The van der Waals surface area contributed by atoms with Crippen LogP contribution in [0.15, 0.2) is 34.8 Å². The monoisotopic (exact) mass is 286 g/mol. The molecule has 0 aromatic heterocycles. The van der Waals surface area contributed by atoms with Gasteiger partial charge in [-0.15, -0.1) is 0 Å². The third-order valence-electron chi connectivity index (χ3n) is 4.66. The Bertz CT molecular complexity index is 425. The van der Waals surface area contributed by atoms with Crippen molar-refractivity contribution in [2.75, 3.05) is 27.2 Å². The summed E-state index contributed by atoms with van der Waals surface area (Å²) >= 11 is 0.